The molecule has 0 aliphatic heterocycles. The first kappa shape index (κ1) is 11.6. The smallest absolute Gasteiger partial charge is 0.256 e. The number of halogens is 2. The van der Waals surface area contributed by atoms with Gasteiger partial charge in [-0.1, -0.05) is 0 Å². The van der Waals surface area contributed by atoms with Gasteiger partial charge in [0, 0.05) is 18.0 Å². The molecule has 2 rings (SSSR count). The summed E-state index contributed by atoms with van der Waals surface area (Å²) < 4.78 is 14.6. The fourth-order valence-corrected chi connectivity index (χ4v) is 1.81. The molecule has 0 amide bonds. The first-order valence-electron chi connectivity index (χ1n) is 4.70. The van der Waals surface area contributed by atoms with Gasteiger partial charge in [0.15, 0.2) is 0 Å². The van der Waals surface area contributed by atoms with Crippen LogP contribution in [0.5, 0.6) is 0 Å². The van der Waals surface area contributed by atoms with E-state index in [0.717, 1.165) is 0 Å². The Bertz CT molecular complexity index is 656. The van der Waals surface area contributed by atoms with E-state index in [0.29, 0.717) is 10.2 Å². The summed E-state index contributed by atoms with van der Waals surface area (Å²) in [7, 11) is 0. The summed E-state index contributed by atoms with van der Waals surface area (Å²) in [6, 6.07) is 8.67. The molecule has 0 atom stereocenters. The number of hydrogen-bond acceptors (Lipinski definition) is 2. The Morgan fingerprint density at radius 3 is 2.53 bits per heavy atom. The van der Waals surface area contributed by atoms with Gasteiger partial charge < -0.3 is 0 Å². The van der Waals surface area contributed by atoms with Crippen LogP contribution in [-0.2, 0) is 0 Å². The highest BCUT2D eigenvalue weighted by Gasteiger charge is 2.05. The van der Waals surface area contributed by atoms with Gasteiger partial charge in [0.05, 0.1) is 10.0 Å². The summed E-state index contributed by atoms with van der Waals surface area (Å²) in [5, 5.41) is 8.76. The Morgan fingerprint density at radius 2 is 1.94 bits per heavy atom. The maximum Gasteiger partial charge on any atom is 0.256 e. The van der Waals surface area contributed by atoms with Crippen LogP contribution in [0.4, 0.5) is 4.39 Å². The number of rotatable bonds is 1. The van der Waals surface area contributed by atoms with Crippen molar-refractivity contribution in [3.05, 3.63) is 62.7 Å². The molecule has 84 valence electrons. The molecular weight excluding hydrogens is 287 g/mol. The van der Waals surface area contributed by atoms with E-state index in [4.69, 9.17) is 5.26 Å². The molecule has 5 heteroatoms. The molecule has 0 saturated heterocycles. The van der Waals surface area contributed by atoms with Gasteiger partial charge in [-0.15, -0.1) is 0 Å². The third kappa shape index (κ3) is 2.27. The average Bonchev–Trinajstić information content (AvgIpc) is 2.33. The maximum atomic E-state index is 12.8. The van der Waals surface area contributed by atoms with Crippen molar-refractivity contribution in [2.75, 3.05) is 0 Å². The molecular formula is C12H6BrFN2O. The van der Waals surface area contributed by atoms with Crippen LogP contribution < -0.4 is 5.56 Å². The first-order chi connectivity index (χ1) is 8.11. The molecule has 1 aromatic carbocycles. The van der Waals surface area contributed by atoms with Crippen LogP contribution in [0.25, 0.3) is 5.69 Å². The predicted octanol–water partition coefficient (Wildman–Crippen LogP) is 2.61. The Labute approximate surface area is 105 Å². The topological polar surface area (TPSA) is 45.8 Å². The molecule has 17 heavy (non-hydrogen) atoms. The van der Waals surface area contributed by atoms with Gasteiger partial charge in [-0.05, 0) is 40.2 Å². The zero-order chi connectivity index (χ0) is 12.4. The molecule has 0 N–H and O–H groups in total. The van der Waals surface area contributed by atoms with Crippen molar-refractivity contribution in [3.8, 4) is 11.8 Å². The monoisotopic (exact) mass is 292 g/mol. The minimum absolute atomic E-state index is 0.272. The van der Waals surface area contributed by atoms with Crippen molar-refractivity contribution >= 4 is 15.9 Å². The van der Waals surface area contributed by atoms with Crippen LogP contribution in [0.1, 0.15) is 5.56 Å². The second-order valence-electron chi connectivity index (χ2n) is 3.33. The minimum atomic E-state index is -0.366. The number of aromatic nitrogens is 1. The van der Waals surface area contributed by atoms with E-state index >= 15 is 0 Å². The van der Waals surface area contributed by atoms with Gasteiger partial charge in [-0.3, -0.25) is 9.36 Å². The molecule has 0 saturated carbocycles. The van der Waals surface area contributed by atoms with Gasteiger partial charge in [0.25, 0.3) is 5.56 Å². The van der Waals surface area contributed by atoms with E-state index in [2.05, 4.69) is 15.9 Å². The summed E-state index contributed by atoms with van der Waals surface area (Å²) in [4.78, 5) is 11.7. The lowest BCUT2D eigenvalue weighted by molar-refractivity contribution is 0.627. The summed E-state index contributed by atoms with van der Waals surface area (Å²) in [5.41, 5.74) is 0.478. The molecule has 0 unspecified atom stereocenters. The number of pyridine rings is 1. The van der Waals surface area contributed by atoms with E-state index < -0.39 is 0 Å². The predicted molar refractivity (Wildman–Crippen MR) is 64.4 cm³/mol. The molecule has 0 aliphatic carbocycles. The van der Waals surface area contributed by atoms with Crippen LogP contribution in [0.2, 0.25) is 0 Å². The van der Waals surface area contributed by atoms with Crippen LogP contribution in [-0.4, -0.2) is 4.57 Å². The van der Waals surface area contributed by atoms with E-state index in [9.17, 15) is 9.18 Å². The standard InChI is InChI=1S/C12H6BrFN2O/c13-11-7-16(12(17)5-8(11)6-15)10-3-1-9(14)2-4-10/h1-5,7H. The average molecular weight is 293 g/mol. The fraction of sp³-hybridized carbons (Fsp3) is 0. The summed E-state index contributed by atoms with van der Waals surface area (Å²) in [5.74, 6) is -0.366. The fourth-order valence-electron chi connectivity index (χ4n) is 1.40. The number of nitrogens with zero attached hydrogens (tertiary/aromatic N) is 2. The van der Waals surface area contributed by atoms with E-state index in [1.54, 1.807) is 0 Å². The number of hydrogen-bond donors (Lipinski definition) is 0. The van der Waals surface area contributed by atoms with Crippen LogP contribution >= 0.6 is 15.9 Å². The van der Waals surface area contributed by atoms with Gasteiger partial charge in [-0.2, -0.15) is 5.26 Å². The van der Waals surface area contributed by atoms with Crippen molar-refractivity contribution in [2.45, 2.75) is 0 Å². The molecule has 0 aliphatic rings. The number of nitriles is 1. The Hall–Kier alpha value is -1.93. The maximum absolute atomic E-state index is 12.8. The quantitative estimate of drug-likeness (QED) is 0.811. The lowest BCUT2D eigenvalue weighted by atomic mass is 10.2. The van der Waals surface area contributed by atoms with Gasteiger partial charge in [0.1, 0.15) is 11.9 Å². The molecule has 0 bridgehead atoms. The summed E-state index contributed by atoms with van der Waals surface area (Å²) in [6.45, 7) is 0. The van der Waals surface area contributed by atoms with Crippen LogP contribution in [0, 0.1) is 17.1 Å². The van der Waals surface area contributed by atoms with E-state index in [1.807, 2.05) is 6.07 Å². The zero-order valence-electron chi connectivity index (χ0n) is 8.52. The van der Waals surface area contributed by atoms with E-state index in [1.165, 1.54) is 41.1 Å². The molecule has 2 aromatic rings. The lowest BCUT2D eigenvalue weighted by Crippen LogP contribution is -2.17. The van der Waals surface area contributed by atoms with Crippen LogP contribution in [0.3, 0.4) is 0 Å². The Kier molecular flexibility index (Phi) is 3.07. The summed E-state index contributed by atoms with van der Waals surface area (Å²) >= 11 is 3.20. The molecule has 1 heterocycles. The molecule has 1 aromatic heterocycles. The highest BCUT2D eigenvalue weighted by molar-refractivity contribution is 9.10. The Balaban J connectivity index is 2.62. The van der Waals surface area contributed by atoms with Gasteiger partial charge in [0.2, 0.25) is 0 Å². The first-order valence-corrected chi connectivity index (χ1v) is 5.49. The second kappa shape index (κ2) is 4.52. The Morgan fingerprint density at radius 1 is 1.29 bits per heavy atom. The van der Waals surface area contributed by atoms with Gasteiger partial charge >= 0.3 is 0 Å². The van der Waals surface area contributed by atoms with Crippen LogP contribution in [0.15, 0.2) is 45.8 Å². The van der Waals surface area contributed by atoms with E-state index in [-0.39, 0.29) is 16.9 Å². The highest BCUT2D eigenvalue weighted by atomic mass is 79.9. The number of benzene rings is 1. The molecule has 0 fully saturated rings. The molecule has 0 spiro atoms. The highest BCUT2D eigenvalue weighted by Crippen LogP contribution is 2.15. The van der Waals surface area contributed by atoms with Crippen molar-refractivity contribution < 1.29 is 4.39 Å². The normalized spacial score (nSPS) is 9.94. The zero-order valence-corrected chi connectivity index (χ0v) is 10.1. The molecule has 0 radical (unpaired) electrons. The minimum Gasteiger partial charge on any atom is -0.283 e. The van der Waals surface area contributed by atoms with Crippen molar-refractivity contribution in [3.63, 3.8) is 0 Å². The van der Waals surface area contributed by atoms with Crippen molar-refractivity contribution in [1.82, 2.24) is 4.57 Å². The SMILES string of the molecule is N#Cc1cc(=O)n(-c2ccc(F)cc2)cc1Br. The third-order valence-corrected chi connectivity index (χ3v) is 2.86. The summed E-state index contributed by atoms with van der Waals surface area (Å²) in [6.07, 6.45) is 1.49. The molecule has 3 nitrogen and oxygen atoms in total. The second-order valence-corrected chi connectivity index (χ2v) is 4.19. The largest absolute Gasteiger partial charge is 0.283 e. The van der Waals surface area contributed by atoms with Crippen molar-refractivity contribution in [1.29, 1.82) is 5.26 Å². The lowest BCUT2D eigenvalue weighted by Gasteiger charge is -2.06. The third-order valence-electron chi connectivity index (χ3n) is 2.23. The van der Waals surface area contributed by atoms with Crippen molar-refractivity contribution in [2.24, 2.45) is 0 Å². The van der Waals surface area contributed by atoms with Gasteiger partial charge in [-0.25, -0.2) is 4.39 Å².